The number of hydrogen-bond acceptors (Lipinski definition) is 5. The molecule has 0 bridgehead atoms. The number of aryl methyl sites for hydroxylation is 1. The predicted octanol–water partition coefficient (Wildman–Crippen LogP) is 1.41. The molecule has 0 radical (unpaired) electrons. The number of thiocarbonyl (C=S) groups is 1. The lowest BCUT2D eigenvalue weighted by atomic mass is 10.2. The van der Waals surface area contributed by atoms with E-state index >= 15 is 0 Å². The number of aromatic nitrogens is 1. The van der Waals surface area contributed by atoms with Gasteiger partial charge in [-0.15, -0.1) is 0 Å². The van der Waals surface area contributed by atoms with Gasteiger partial charge in [0.2, 0.25) is 0 Å². The molecule has 0 spiro atoms. The maximum Gasteiger partial charge on any atom is 0.325 e. The second-order valence-corrected chi connectivity index (χ2v) is 4.48. The average Bonchev–Trinajstić information content (AvgIpc) is 2.35. The summed E-state index contributed by atoms with van der Waals surface area (Å²) in [7, 11) is 0. The van der Waals surface area contributed by atoms with Gasteiger partial charge in [-0.05, 0) is 32.9 Å². The standard InChI is InChI=1S/C13H19N3O2S/c1-4-16(8-12(17)18-5-2)11-7-10(13(14)19)6-9(3)15-11/h6-7H,4-5,8H2,1-3H3,(H2,14,19). The van der Waals surface area contributed by atoms with Gasteiger partial charge in [-0.3, -0.25) is 4.79 Å². The summed E-state index contributed by atoms with van der Waals surface area (Å²) in [6.45, 7) is 6.77. The molecule has 0 aliphatic heterocycles. The predicted molar refractivity (Wildman–Crippen MR) is 79.4 cm³/mol. The highest BCUT2D eigenvalue weighted by atomic mass is 32.1. The molecular weight excluding hydrogens is 262 g/mol. The van der Waals surface area contributed by atoms with Gasteiger partial charge in [0.1, 0.15) is 17.4 Å². The molecule has 5 nitrogen and oxygen atoms in total. The zero-order chi connectivity index (χ0) is 14.4. The fourth-order valence-corrected chi connectivity index (χ4v) is 1.79. The Bertz CT molecular complexity index is 477. The number of hydrogen-bond donors (Lipinski definition) is 1. The summed E-state index contributed by atoms with van der Waals surface area (Å²) in [5.41, 5.74) is 7.19. The molecule has 0 atom stereocenters. The number of ether oxygens (including phenoxy) is 1. The maximum absolute atomic E-state index is 11.5. The SMILES string of the molecule is CCOC(=O)CN(CC)c1cc(C(N)=S)cc(C)n1. The third-order valence-corrected chi connectivity index (χ3v) is 2.79. The molecule has 0 aromatic carbocycles. The fraction of sp³-hybridized carbons (Fsp3) is 0.462. The van der Waals surface area contributed by atoms with Crippen molar-refractivity contribution < 1.29 is 9.53 Å². The molecule has 0 amide bonds. The van der Waals surface area contributed by atoms with Gasteiger partial charge >= 0.3 is 5.97 Å². The van der Waals surface area contributed by atoms with Gasteiger partial charge in [0.05, 0.1) is 6.61 Å². The van der Waals surface area contributed by atoms with E-state index in [4.69, 9.17) is 22.7 Å². The number of pyridine rings is 1. The van der Waals surface area contributed by atoms with Gasteiger partial charge in [-0.25, -0.2) is 4.98 Å². The Morgan fingerprint density at radius 1 is 1.47 bits per heavy atom. The van der Waals surface area contributed by atoms with Crippen LogP contribution in [0.3, 0.4) is 0 Å². The van der Waals surface area contributed by atoms with E-state index in [1.807, 2.05) is 24.8 Å². The maximum atomic E-state index is 11.5. The van der Waals surface area contributed by atoms with E-state index < -0.39 is 0 Å². The molecule has 0 aliphatic carbocycles. The normalized spacial score (nSPS) is 10.1. The van der Waals surface area contributed by atoms with Gasteiger partial charge in [0.25, 0.3) is 0 Å². The lowest BCUT2D eigenvalue weighted by Crippen LogP contribution is -2.32. The largest absolute Gasteiger partial charge is 0.465 e. The first kappa shape index (κ1) is 15.4. The first-order valence-electron chi connectivity index (χ1n) is 6.17. The van der Waals surface area contributed by atoms with Crippen molar-refractivity contribution in [2.75, 3.05) is 24.6 Å². The fourth-order valence-electron chi connectivity index (χ4n) is 1.67. The minimum Gasteiger partial charge on any atom is -0.465 e. The molecular formula is C13H19N3O2S. The molecule has 1 rings (SSSR count). The highest BCUT2D eigenvalue weighted by Gasteiger charge is 2.13. The molecule has 19 heavy (non-hydrogen) atoms. The van der Waals surface area contributed by atoms with Crippen molar-refractivity contribution in [3.8, 4) is 0 Å². The molecule has 0 saturated heterocycles. The van der Waals surface area contributed by atoms with Crippen LogP contribution in [0.4, 0.5) is 5.82 Å². The van der Waals surface area contributed by atoms with E-state index in [-0.39, 0.29) is 12.5 Å². The first-order valence-corrected chi connectivity index (χ1v) is 6.57. The highest BCUT2D eigenvalue weighted by molar-refractivity contribution is 7.80. The average molecular weight is 281 g/mol. The zero-order valence-corrected chi connectivity index (χ0v) is 12.3. The van der Waals surface area contributed by atoms with Crippen molar-refractivity contribution in [2.24, 2.45) is 5.73 Å². The molecule has 104 valence electrons. The summed E-state index contributed by atoms with van der Waals surface area (Å²) >= 11 is 4.97. The third-order valence-electron chi connectivity index (χ3n) is 2.56. The molecule has 1 aromatic heterocycles. The number of likely N-dealkylation sites (N-methyl/N-ethyl adjacent to an activating group) is 1. The Hall–Kier alpha value is -1.69. The number of nitrogens with two attached hydrogens (primary N) is 1. The number of nitrogens with zero attached hydrogens (tertiary/aromatic N) is 2. The van der Waals surface area contributed by atoms with Crippen molar-refractivity contribution in [3.63, 3.8) is 0 Å². The molecule has 0 saturated carbocycles. The van der Waals surface area contributed by atoms with Crippen molar-refractivity contribution in [1.82, 2.24) is 4.98 Å². The Kier molecular flexibility index (Phi) is 5.69. The summed E-state index contributed by atoms with van der Waals surface area (Å²) in [5, 5.41) is 0. The van der Waals surface area contributed by atoms with Crippen molar-refractivity contribution >= 4 is 29.0 Å². The van der Waals surface area contributed by atoms with Crippen LogP contribution in [0.25, 0.3) is 0 Å². The lowest BCUT2D eigenvalue weighted by Gasteiger charge is -2.21. The van der Waals surface area contributed by atoms with Crippen LogP contribution in [-0.4, -0.2) is 35.6 Å². The number of carbonyl (C=O) groups excluding carboxylic acids is 1. The van der Waals surface area contributed by atoms with E-state index in [0.717, 1.165) is 11.3 Å². The molecule has 0 aliphatic rings. The second-order valence-electron chi connectivity index (χ2n) is 4.04. The quantitative estimate of drug-likeness (QED) is 0.628. The van der Waals surface area contributed by atoms with E-state index in [1.54, 1.807) is 13.0 Å². The summed E-state index contributed by atoms with van der Waals surface area (Å²) in [6, 6.07) is 3.61. The van der Waals surface area contributed by atoms with Crippen molar-refractivity contribution in [1.29, 1.82) is 0 Å². The van der Waals surface area contributed by atoms with E-state index in [0.29, 0.717) is 24.0 Å². The second kappa shape index (κ2) is 7.04. The van der Waals surface area contributed by atoms with Crippen LogP contribution in [0.1, 0.15) is 25.1 Å². The van der Waals surface area contributed by atoms with Gasteiger partial charge < -0.3 is 15.4 Å². The minimum atomic E-state index is -0.274. The van der Waals surface area contributed by atoms with Crippen LogP contribution >= 0.6 is 12.2 Å². The summed E-state index contributed by atoms with van der Waals surface area (Å²) in [6.07, 6.45) is 0. The van der Waals surface area contributed by atoms with Crippen molar-refractivity contribution in [2.45, 2.75) is 20.8 Å². The number of carbonyl (C=O) groups is 1. The minimum absolute atomic E-state index is 0.164. The van der Waals surface area contributed by atoms with Crippen LogP contribution < -0.4 is 10.6 Å². The van der Waals surface area contributed by atoms with Gasteiger partial charge in [-0.1, -0.05) is 12.2 Å². The molecule has 1 heterocycles. The van der Waals surface area contributed by atoms with Crippen LogP contribution in [0.15, 0.2) is 12.1 Å². The lowest BCUT2D eigenvalue weighted by molar-refractivity contribution is -0.141. The smallest absolute Gasteiger partial charge is 0.325 e. The van der Waals surface area contributed by atoms with Crippen LogP contribution in [0, 0.1) is 6.92 Å². The highest BCUT2D eigenvalue weighted by Crippen LogP contribution is 2.15. The Morgan fingerprint density at radius 3 is 2.68 bits per heavy atom. The molecule has 0 fully saturated rings. The number of esters is 1. The Balaban J connectivity index is 2.97. The summed E-state index contributed by atoms with van der Waals surface area (Å²) in [5.74, 6) is 0.405. The zero-order valence-electron chi connectivity index (χ0n) is 11.5. The Labute approximate surface area is 118 Å². The first-order chi connectivity index (χ1) is 8.97. The summed E-state index contributed by atoms with van der Waals surface area (Å²) in [4.78, 5) is 18.1. The van der Waals surface area contributed by atoms with Gasteiger partial charge in [0.15, 0.2) is 0 Å². The summed E-state index contributed by atoms with van der Waals surface area (Å²) < 4.78 is 4.94. The topological polar surface area (TPSA) is 68.5 Å². The molecule has 6 heteroatoms. The Morgan fingerprint density at radius 2 is 2.16 bits per heavy atom. The molecule has 0 unspecified atom stereocenters. The van der Waals surface area contributed by atoms with E-state index in [1.165, 1.54) is 0 Å². The molecule has 1 aromatic rings. The van der Waals surface area contributed by atoms with Gasteiger partial charge in [0, 0.05) is 17.8 Å². The monoisotopic (exact) mass is 281 g/mol. The van der Waals surface area contributed by atoms with Crippen LogP contribution in [0.2, 0.25) is 0 Å². The van der Waals surface area contributed by atoms with Crippen LogP contribution in [0.5, 0.6) is 0 Å². The van der Waals surface area contributed by atoms with Crippen LogP contribution in [-0.2, 0) is 9.53 Å². The van der Waals surface area contributed by atoms with Crippen molar-refractivity contribution in [3.05, 3.63) is 23.4 Å². The van der Waals surface area contributed by atoms with E-state index in [9.17, 15) is 4.79 Å². The third kappa shape index (κ3) is 4.48. The van der Waals surface area contributed by atoms with E-state index in [2.05, 4.69) is 4.98 Å². The number of rotatable bonds is 6. The molecule has 2 N–H and O–H groups in total. The van der Waals surface area contributed by atoms with Gasteiger partial charge in [-0.2, -0.15) is 0 Å². The number of anilines is 1.